The van der Waals surface area contributed by atoms with Gasteiger partial charge in [0.2, 0.25) is 0 Å². The van der Waals surface area contributed by atoms with Gasteiger partial charge < -0.3 is 15.4 Å². The van der Waals surface area contributed by atoms with Crippen LogP contribution in [0.3, 0.4) is 0 Å². The molecule has 0 atom stereocenters. The second-order valence-electron chi connectivity index (χ2n) is 5.74. The summed E-state index contributed by atoms with van der Waals surface area (Å²) in [6, 6.07) is 4.51. The van der Waals surface area contributed by atoms with Crippen LogP contribution in [0.5, 0.6) is 5.75 Å². The summed E-state index contributed by atoms with van der Waals surface area (Å²) in [7, 11) is 1.47. The molecule has 1 amide bonds. The summed E-state index contributed by atoms with van der Waals surface area (Å²) in [6.45, 7) is 1.25. The Balaban J connectivity index is 0.00000264. The highest BCUT2D eigenvalue weighted by molar-refractivity contribution is 5.96. The van der Waals surface area contributed by atoms with Crippen molar-refractivity contribution in [2.45, 2.75) is 44.6 Å². The number of hydrogen-bond acceptors (Lipinski definition) is 3. The van der Waals surface area contributed by atoms with E-state index in [9.17, 15) is 9.18 Å². The van der Waals surface area contributed by atoms with Crippen molar-refractivity contribution < 1.29 is 13.9 Å². The largest absolute Gasteiger partial charge is 0.496 e. The van der Waals surface area contributed by atoms with Gasteiger partial charge in [0.25, 0.3) is 5.91 Å². The molecule has 0 aromatic heterocycles. The molecule has 6 heteroatoms. The van der Waals surface area contributed by atoms with Gasteiger partial charge in [-0.3, -0.25) is 4.79 Å². The Labute approximate surface area is 143 Å². The standard InChI is InChI=1S/C17H25FN2O2.ClH/c1-22-16-9-8-13(18)12-15(16)17(21)20-11-10-19-14-6-4-2-3-5-7-14;/h8-9,12,14,19H,2-7,10-11H2,1H3,(H,20,21);1H. The first kappa shape index (κ1) is 19.7. The van der Waals surface area contributed by atoms with Gasteiger partial charge in [-0.2, -0.15) is 0 Å². The fourth-order valence-electron chi connectivity index (χ4n) is 2.89. The maximum Gasteiger partial charge on any atom is 0.255 e. The molecule has 1 aromatic carbocycles. The molecular weight excluding hydrogens is 319 g/mol. The molecule has 1 saturated carbocycles. The molecule has 1 aliphatic carbocycles. The minimum atomic E-state index is -0.442. The summed E-state index contributed by atoms with van der Waals surface area (Å²) in [6.07, 6.45) is 7.65. The summed E-state index contributed by atoms with van der Waals surface area (Å²) < 4.78 is 18.4. The van der Waals surface area contributed by atoms with Crippen LogP contribution >= 0.6 is 12.4 Å². The predicted octanol–water partition coefficient (Wildman–Crippen LogP) is 3.30. The van der Waals surface area contributed by atoms with Gasteiger partial charge >= 0.3 is 0 Å². The molecule has 1 aliphatic rings. The monoisotopic (exact) mass is 344 g/mol. The van der Waals surface area contributed by atoms with Crippen LogP contribution in [-0.4, -0.2) is 32.1 Å². The number of amides is 1. The highest BCUT2D eigenvalue weighted by Gasteiger charge is 2.14. The lowest BCUT2D eigenvalue weighted by Crippen LogP contribution is -2.37. The van der Waals surface area contributed by atoms with Crippen LogP contribution in [0.1, 0.15) is 48.9 Å². The topological polar surface area (TPSA) is 50.4 Å². The zero-order valence-electron chi connectivity index (χ0n) is 13.6. The maximum absolute atomic E-state index is 13.3. The number of hydrogen-bond donors (Lipinski definition) is 2. The van der Waals surface area contributed by atoms with Gasteiger partial charge in [0, 0.05) is 19.1 Å². The zero-order chi connectivity index (χ0) is 15.8. The lowest BCUT2D eigenvalue weighted by Gasteiger charge is -2.16. The van der Waals surface area contributed by atoms with Crippen molar-refractivity contribution in [3.05, 3.63) is 29.6 Å². The van der Waals surface area contributed by atoms with Gasteiger partial charge in [-0.15, -0.1) is 12.4 Å². The molecule has 0 radical (unpaired) electrons. The quantitative estimate of drug-likeness (QED) is 0.615. The second-order valence-corrected chi connectivity index (χ2v) is 5.74. The number of rotatable bonds is 6. The molecule has 0 saturated heterocycles. The van der Waals surface area contributed by atoms with Gasteiger partial charge in [-0.05, 0) is 31.0 Å². The van der Waals surface area contributed by atoms with Gasteiger partial charge in [0.15, 0.2) is 0 Å². The smallest absolute Gasteiger partial charge is 0.255 e. The van der Waals surface area contributed by atoms with Crippen LogP contribution in [0.2, 0.25) is 0 Å². The van der Waals surface area contributed by atoms with E-state index in [0.717, 1.165) is 6.54 Å². The van der Waals surface area contributed by atoms with Gasteiger partial charge in [-0.1, -0.05) is 25.7 Å². The summed E-state index contributed by atoms with van der Waals surface area (Å²) in [4.78, 5) is 12.1. The molecule has 0 heterocycles. The van der Waals surface area contributed by atoms with Crippen LogP contribution < -0.4 is 15.4 Å². The summed E-state index contributed by atoms with van der Waals surface area (Å²) in [5, 5.41) is 6.30. The number of carbonyl (C=O) groups is 1. The molecule has 0 aliphatic heterocycles. The number of methoxy groups -OCH3 is 1. The molecule has 2 N–H and O–H groups in total. The number of carbonyl (C=O) groups excluding carboxylic acids is 1. The third-order valence-corrected chi connectivity index (χ3v) is 4.10. The van der Waals surface area contributed by atoms with Crippen molar-refractivity contribution >= 4 is 18.3 Å². The van der Waals surface area contributed by atoms with Crippen molar-refractivity contribution in [1.82, 2.24) is 10.6 Å². The number of halogens is 2. The van der Waals surface area contributed by atoms with E-state index in [4.69, 9.17) is 4.74 Å². The Morgan fingerprint density at radius 2 is 1.91 bits per heavy atom. The predicted molar refractivity (Wildman–Crippen MR) is 92.0 cm³/mol. The SMILES string of the molecule is COc1ccc(F)cc1C(=O)NCCNC1CCCCCC1.Cl. The lowest BCUT2D eigenvalue weighted by molar-refractivity contribution is 0.0950. The molecule has 0 spiro atoms. The van der Waals surface area contributed by atoms with E-state index in [-0.39, 0.29) is 23.9 Å². The third-order valence-electron chi connectivity index (χ3n) is 4.10. The highest BCUT2D eigenvalue weighted by Crippen LogP contribution is 2.19. The van der Waals surface area contributed by atoms with Crippen molar-refractivity contribution in [2.75, 3.05) is 20.2 Å². The zero-order valence-corrected chi connectivity index (χ0v) is 14.4. The second kappa shape index (κ2) is 10.4. The molecule has 4 nitrogen and oxygen atoms in total. The first-order valence-electron chi connectivity index (χ1n) is 8.06. The Morgan fingerprint density at radius 1 is 1.22 bits per heavy atom. The van der Waals surface area contributed by atoms with Crippen LogP contribution in [0.15, 0.2) is 18.2 Å². The molecule has 0 bridgehead atoms. The van der Waals surface area contributed by atoms with Crippen molar-refractivity contribution in [3.63, 3.8) is 0 Å². The van der Waals surface area contributed by atoms with E-state index >= 15 is 0 Å². The van der Waals surface area contributed by atoms with E-state index in [1.807, 2.05) is 0 Å². The molecular formula is C17H26ClFN2O2. The highest BCUT2D eigenvalue weighted by atomic mass is 35.5. The van der Waals surface area contributed by atoms with Gasteiger partial charge in [-0.25, -0.2) is 4.39 Å². The minimum absolute atomic E-state index is 0. The molecule has 23 heavy (non-hydrogen) atoms. The molecule has 2 rings (SSSR count). The van der Waals surface area contributed by atoms with Gasteiger partial charge in [0.05, 0.1) is 12.7 Å². The first-order chi connectivity index (χ1) is 10.7. The van der Waals surface area contributed by atoms with Crippen LogP contribution in [-0.2, 0) is 0 Å². The van der Waals surface area contributed by atoms with Crippen LogP contribution in [0, 0.1) is 5.82 Å². The fourth-order valence-corrected chi connectivity index (χ4v) is 2.89. The Kier molecular flexibility index (Phi) is 8.95. The molecule has 1 fully saturated rings. The van der Waals surface area contributed by atoms with Crippen molar-refractivity contribution in [2.24, 2.45) is 0 Å². The van der Waals surface area contributed by atoms with Gasteiger partial charge in [0.1, 0.15) is 11.6 Å². The maximum atomic E-state index is 13.3. The Morgan fingerprint density at radius 3 is 2.57 bits per heavy atom. The minimum Gasteiger partial charge on any atom is -0.496 e. The van der Waals surface area contributed by atoms with Crippen LogP contribution in [0.4, 0.5) is 4.39 Å². The van der Waals surface area contributed by atoms with E-state index in [0.29, 0.717) is 18.3 Å². The third kappa shape index (κ3) is 6.36. The van der Waals surface area contributed by atoms with E-state index in [1.54, 1.807) is 0 Å². The summed E-state index contributed by atoms with van der Waals surface area (Å²) >= 11 is 0. The van der Waals surface area contributed by atoms with E-state index in [1.165, 1.54) is 63.8 Å². The normalized spacial score (nSPS) is 15.4. The number of benzene rings is 1. The van der Waals surface area contributed by atoms with E-state index in [2.05, 4.69) is 10.6 Å². The number of nitrogens with one attached hydrogen (secondary N) is 2. The average Bonchev–Trinajstić information content (AvgIpc) is 2.80. The Bertz CT molecular complexity index is 491. The number of ether oxygens (including phenoxy) is 1. The fraction of sp³-hybridized carbons (Fsp3) is 0.588. The summed E-state index contributed by atoms with van der Waals surface area (Å²) in [5.41, 5.74) is 0.233. The van der Waals surface area contributed by atoms with Crippen LogP contribution in [0.25, 0.3) is 0 Å². The molecule has 130 valence electrons. The van der Waals surface area contributed by atoms with E-state index < -0.39 is 5.82 Å². The summed E-state index contributed by atoms with van der Waals surface area (Å²) in [5.74, 6) is -0.364. The Hall–Kier alpha value is -1.33. The van der Waals surface area contributed by atoms with Crippen molar-refractivity contribution in [1.29, 1.82) is 0 Å². The average molecular weight is 345 g/mol. The lowest BCUT2D eigenvalue weighted by atomic mass is 10.1. The molecule has 0 unspecified atom stereocenters. The first-order valence-corrected chi connectivity index (χ1v) is 8.06. The van der Waals surface area contributed by atoms with Crippen molar-refractivity contribution in [3.8, 4) is 5.75 Å². The molecule has 1 aromatic rings.